The second kappa shape index (κ2) is 11.1. The summed E-state index contributed by atoms with van der Waals surface area (Å²) in [6.45, 7) is 14.5. The summed E-state index contributed by atoms with van der Waals surface area (Å²) < 4.78 is 0. The summed E-state index contributed by atoms with van der Waals surface area (Å²) in [4.78, 5) is 0. The minimum Gasteiger partial charge on any atom is -0.393 e. The molecule has 198 valence electrons. The van der Waals surface area contributed by atoms with Gasteiger partial charge in [-0.05, 0) is 130 Å². The zero-order valence-corrected chi connectivity index (χ0v) is 23.3. The number of fused-ring (bicyclic) bond motifs is 5. The molecule has 0 aromatic carbocycles. The summed E-state index contributed by atoms with van der Waals surface area (Å²) in [6.07, 6.45) is 17.0. The molecule has 0 radical (unpaired) electrons. The van der Waals surface area contributed by atoms with Crippen molar-refractivity contribution in [3.63, 3.8) is 0 Å². The summed E-state index contributed by atoms with van der Waals surface area (Å²) in [7, 11) is 0. The number of hydrogen-bond donors (Lipinski definition) is 3. The maximum Gasteiger partial charge on any atom is 0.0577 e. The fourth-order valence-corrected chi connectivity index (χ4v) is 10.0. The van der Waals surface area contributed by atoms with E-state index in [0.29, 0.717) is 28.7 Å². The maximum atomic E-state index is 11.6. The molecule has 0 saturated heterocycles. The van der Waals surface area contributed by atoms with Gasteiger partial charge >= 0.3 is 0 Å². The van der Waals surface area contributed by atoms with Gasteiger partial charge in [0.05, 0.1) is 6.10 Å². The van der Waals surface area contributed by atoms with Gasteiger partial charge in [-0.15, -0.1) is 0 Å². The van der Waals surface area contributed by atoms with Crippen LogP contribution in [0.3, 0.4) is 0 Å². The Morgan fingerprint density at radius 1 is 0.882 bits per heavy atom. The number of nitrogens with two attached hydrogens (primary N) is 1. The molecular formula is C31H58N2O. The molecule has 4 fully saturated rings. The second-order valence-electron chi connectivity index (χ2n) is 14.2. The van der Waals surface area contributed by atoms with Crippen molar-refractivity contribution in [1.29, 1.82) is 0 Å². The monoisotopic (exact) mass is 474 g/mol. The fourth-order valence-electron chi connectivity index (χ4n) is 10.0. The molecule has 3 heteroatoms. The molecule has 4 saturated carbocycles. The lowest BCUT2D eigenvalue weighted by atomic mass is 9.43. The molecule has 0 aromatic rings. The summed E-state index contributed by atoms with van der Waals surface area (Å²) in [5.74, 6) is 5.29. The molecule has 0 heterocycles. The van der Waals surface area contributed by atoms with Gasteiger partial charge in [0.2, 0.25) is 0 Å². The van der Waals surface area contributed by atoms with Crippen LogP contribution in [0.4, 0.5) is 0 Å². The van der Waals surface area contributed by atoms with Crippen LogP contribution in [-0.4, -0.2) is 30.3 Å². The quantitative estimate of drug-likeness (QED) is 0.306. The molecule has 0 aliphatic heterocycles. The van der Waals surface area contributed by atoms with Crippen LogP contribution in [-0.2, 0) is 0 Å². The summed E-state index contributed by atoms with van der Waals surface area (Å²) >= 11 is 0. The van der Waals surface area contributed by atoms with E-state index in [2.05, 4.69) is 39.9 Å². The first-order chi connectivity index (χ1) is 16.2. The van der Waals surface area contributed by atoms with Crippen molar-refractivity contribution in [3.05, 3.63) is 0 Å². The Labute approximate surface area is 211 Å². The summed E-state index contributed by atoms with van der Waals surface area (Å²) in [5.41, 5.74) is 6.59. The molecule has 0 spiro atoms. The molecule has 4 aliphatic rings. The molecule has 34 heavy (non-hydrogen) atoms. The average molecular weight is 475 g/mol. The average Bonchev–Trinajstić information content (AvgIpc) is 3.14. The lowest BCUT2D eigenvalue weighted by molar-refractivity contribution is -0.167. The van der Waals surface area contributed by atoms with E-state index in [1.54, 1.807) is 0 Å². The van der Waals surface area contributed by atoms with Gasteiger partial charge in [-0.1, -0.05) is 53.9 Å². The number of unbranched alkanes of at least 4 members (excludes halogenated alkanes) is 1. The van der Waals surface area contributed by atoms with E-state index in [4.69, 9.17) is 5.73 Å². The number of nitrogens with one attached hydrogen (secondary N) is 1. The van der Waals surface area contributed by atoms with Gasteiger partial charge in [0.15, 0.2) is 0 Å². The Balaban J connectivity index is 1.41. The predicted molar refractivity (Wildman–Crippen MR) is 145 cm³/mol. The first-order valence-electron chi connectivity index (χ1n) is 15.3. The first kappa shape index (κ1) is 26.9. The highest BCUT2D eigenvalue weighted by Crippen LogP contribution is 2.68. The lowest BCUT2D eigenvalue weighted by Gasteiger charge is -2.62. The molecule has 0 amide bonds. The Hall–Kier alpha value is -0.120. The maximum absolute atomic E-state index is 11.6. The fraction of sp³-hybridized carbons (Fsp3) is 1.00. The topological polar surface area (TPSA) is 58.3 Å². The number of aliphatic hydroxyl groups is 1. The van der Waals surface area contributed by atoms with Crippen LogP contribution in [0.15, 0.2) is 0 Å². The molecule has 10 atom stereocenters. The van der Waals surface area contributed by atoms with E-state index in [9.17, 15) is 5.11 Å². The molecule has 0 aromatic heterocycles. The lowest BCUT2D eigenvalue weighted by Crippen LogP contribution is -2.59. The highest BCUT2D eigenvalue weighted by atomic mass is 16.3. The van der Waals surface area contributed by atoms with Gasteiger partial charge in [0.1, 0.15) is 0 Å². The first-order valence-corrected chi connectivity index (χ1v) is 15.3. The third-order valence-electron chi connectivity index (χ3n) is 11.9. The van der Waals surface area contributed by atoms with Crippen molar-refractivity contribution < 1.29 is 5.11 Å². The van der Waals surface area contributed by atoms with Crippen LogP contribution in [0.5, 0.6) is 0 Å². The van der Waals surface area contributed by atoms with Crippen molar-refractivity contribution in [2.75, 3.05) is 13.1 Å². The van der Waals surface area contributed by atoms with Gasteiger partial charge < -0.3 is 16.2 Å². The van der Waals surface area contributed by atoms with Gasteiger partial charge in [0.25, 0.3) is 0 Å². The van der Waals surface area contributed by atoms with Gasteiger partial charge in [-0.2, -0.15) is 0 Å². The van der Waals surface area contributed by atoms with Crippen LogP contribution in [0.25, 0.3) is 0 Å². The van der Waals surface area contributed by atoms with Gasteiger partial charge in [0, 0.05) is 6.04 Å². The van der Waals surface area contributed by atoms with E-state index >= 15 is 0 Å². The van der Waals surface area contributed by atoms with Crippen LogP contribution in [0.1, 0.15) is 118 Å². The minimum absolute atomic E-state index is 0.0707. The van der Waals surface area contributed by atoms with Crippen LogP contribution in [0.2, 0.25) is 0 Å². The summed E-state index contributed by atoms with van der Waals surface area (Å²) in [5, 5.41) is 15.5. The van der Waals surface area contributed by atoms with Crippen molar-refractivity contribution in [2.45, 2.75) is 130 Å². The molecule has 4 N–H and O–H groups in total. The second-order valence-corrected chi connectivity index (χ2v) is 14.2. The van der Waals surface area contributed by atoms with E-state index in [1.807, 2.05) is 0 Å². The largest absolute Gasteiger partial charge is 0.393 e. The predicted octanol–water partition coefficient (Wildman–Crippen LogP) is 6.78. The minimum atomic E-state index is -0.0707. The molecule has 3 nitrogen and oxygen atoms in total. The van der Waals surface area contributed by atoms with Crippen LogP contribution < -0.4 is 11.1 Å². The molecule has 4 rings (SSSR count). The van der Waals surface area contributed by atoms with E-state index in [1.165, 1.54) is 70.6 Å². The smallest absolute Gasteiger partial charge is 0.0577 e. The molecule has 3 unspecified atom stereocenters. The Morgan fingerprint density at radius 2 is 1.62 bits per heavy atom. The third kappa shape index (κ3) is 5.14. The number of rotatable bonds is 10. The van der Waals surface area contributed by atoms with Gasteiger partial charge in [-0.25, -0.2) is 0 Å². The van der Waals surface area contributed by atoms with E-state index < -0.39 is 0 Å². The highest BCUT2D eigenvalue weighted by Gasteiger charge is 2.62. The van der Waals surface area contributed by atoms with Crippen molar-refractivity contribution in [1.82, 2.24) is 5.32 Å². The van der Waals surface area contributed by atoms with Gasteiger partial charge in [-0.3, -0.25) is 0 Å². The zero-order valence-electron chi connectivity index (χ0n) is 23.3. The standard InChI is InChI=1S/C31H58N2O/c1-21(2)9-8-10-22(3)25-11-12-26-29-27(14-16-31(25,26)5)30(4)15-13-24(33-18-7-6-17-32)19-23(30)20-28(29)34/h21-29,33-34H,6-20,32H2,1-5H3/t22-,23-,24+,25-,26?,27?,28-,29?,30+,31-/m1/s1. The van der Waals surface area contributed by atoms with E-state index in [0.717, 1.165) is 55.5 Å². The Kier molecular flexibility index (Phi) is 8.79. The zero-order chi connectivity index (χ0) is 24.5. The SMILES string of the molecule is CC(C)CCC[C@@H](C)[C@H]1CCC2C3C(CC[C@@]21C)[C@@]1(C)CC[C@H](NCCCCN)C[C@@H]1C[C@H]3O. The van der Waals surface area contributed by atoms with Crippen molar-refractivity contribution in [2.24, 2.45) is 58.0 Å². The normalized spacial score (nSPS) is 45.0. The van der Waals surface area contributed by atoms with Crippen molar-refractivity contribution in [3.8, 4) is 0 Å². The summed E-state index contributed by atoms with van der Waals surface area (Å²) in [6, 6.07) is 0.649. The number of hydrogen-bond acceptors (Lipinski definition) is 3. The molecule has 0 bridgehead atoms. The molecular weight excluding hydrogens is 416 g/mol. The molecule has 4 aliphatic carbocycles. The van der Waals surface area contributed by atoms with Crippen LogP contribution >= 0.6 is 0 Å². The Morgan fingerprint density at radius 3 is 2.35 bits per heavy atom. The third-order valence-corrected chi connectivity index (χ3v) is 11.9. The van der Waals surface area contributed by atoms with E-state index in [-0.39, 0.29) is 6.10 Å². The number of aliphatic hydroxyl groups excluding tert-OH is 1. The van der Waals surface area contributed by atoms with Crippen molar-refractivity contribution >= 4 is 0 Å². The highest BCUT2D eigenvalue weighted by molar-refractivity contribution is 5.12. The Bertz CT molecular complexity index is 651. The van der Waals surface area contributed by atoms with Crippen LogP contribution in [0, 0.1) is 52.3 Å².